The molecule has 1 fully saturated rings. The molecule has 17 heavy (non-hydrogen) atoms. The molecule has 0 bridgehead atoms. The Morgan fingerprint density at radius 1 is 1.41 bits per heavy atom. The van der Waals surface area contributed by atoms with E-state index in [0.717, 1.165) is 0 Å². The Hall–Kier alpha value is 0.190. The zero-order chi connectivity index (χ0) is 13.1. The smallest absolute Gasteiger partial charge is 0.150 e. The summed E-state index contributed by atoms with van der Waals surface area (Å²) in [4.78, 5) is 0. The predicted molar refractivity (Wildman–Crippen MR) is 69.9 cm³/mol. The molecule has 1 aliphatic heterocycles. The maximum atomic E-state index is 11.4. The second-order valence-corrected chi connectivity index (χ2v) is 9.65. The minimum Gasteiger partial charge on any atom is -0.229 e. The molecule has 7 heteroatoms. The first-order chi connectivity index (χ1) is 7.73. The molecule has 0 aromatic carbocycles. The highest BCUT2D eigenvalue weighted by atomic mass is 35.5. The number of hydrogen-bond acceptors (Lipinski definition) is 4. The Bertz CT molecular complexity index is 441. The third kappa shape index (κ3) is 5.57. The molecule has 102 valence electrons. The molecule has 0 amide bonds. The normalized spacial score (nSPS) is 25.9. The highest BCUT2D eigenvalue weighted by Crippen LogP contribution is 2.29. The predicted octanol–water partition coefficient (Wildman–Crippen LogP) is 1.10. The van der Waals surface area contributed by atoms with Gasteiger partial charge in [-0.1, -0.05) is 0 Å². The molecule has 0 N–H and O–H groups in total. The van der Waals surface area contributed by atoms with Gasteiger partial charge >= 0.3 is 0 Å². The van der Waals surface area contributed by atoms with Crippen LogP contribution in [0.4, 0.5) is 0 Å². The van der Waals surface area contributed by atoms with Gasteiger partial charge < -0.3 is 0 Å². The maximum absolute atomic E-state index is 11.4. The molecule has 0 aliphatic carbocycles. The van der Waals surface area contributed by atoms with Crippen LogP contribution in [0.1, 0.15) is 19.3 Å². The molecule has 1 saturated heterocycles. The lowest BCUT2D eigenvalue weighted by molar-refractivity contribution is 0.373. The van der Waals surface area contributed by atoms with Crippen molar-refractivity contribution in [1.29, 1.82) is 0 Å². The average Bonchev–Trinajstić information content (AvgIpc) is 2.52. The molecule has 1 heterocycles. The lowest BCUT2D eigenvalue weighted by Gasteiger charge is -2.19. The van der Waals surface area contributed by atoms with E-state index in [9.17, 15) is 16.8 Å². The second kappa shape index (κ2) is 5.89. The van der Waals surface area contributed by atoms with Gasteiger partial charge in [0.25, 0.3) is 0 Å². The van der Waals surface area contributed by atoms with Gasteiger partial charge in [-0.15, -0.1) is 11.6 Å². The minimum absolute atomic E-state index is 0.108. The van der Waals surface area contributed by atoms with E-state index in [1.54, 1.807) is 0 Å². The van der Waals surface area contributed by atoms with Crippen LogP contribution in [0, 0.1) is 11.8 Å². The first-order valence-corrected chi connectivity index (χ1v) is 10.1. The summed E-state index contributed by atoms with van der Waals surface area (Å²) < 4.78 is 44.7. The van der Waals surface area contributed by atoms with Crippen LogP contribution < -0.4 is 0 Å². The first-order valence-electron chi connectivity index (χ1n) is 5.67. The van der Waals surface area contributed by atoms with E-state index in [1.807, 2.05) is 0 Å². The van der Waals surface area contributed by atoms with Gasteiger partial charge in [-0.2, -0.15) is 0 Å². The first kappa shape index (κ1) is 15.2. The molecule has 0 saturated carbocycles. The van der Waals surface area contributed by atoms with Crippen molar-refractivity contribution < 1.29 is 16.8 Å². The fourth-order valence-electron chi connectivity index (χ4n) is 2.24. The molecular weight excluding hydrogens is 284 g/mol. The fourth-order valence-corrected chi connectivity index (χ4v) is 5.26. The van der Waals surface area contributed by atoms with Gasteiger partial charge in [-0.25, -0.2) is 16.8 Å². The highest BCUT2D eigenvalue weighted by molar-refractivity contribution is 7.91. The van der Waals surface area contributed by atoms with Crippen LogP contribution in [0.25, 0.3) is 0 Å². The van der Waals surface area contributed by atoms with Crippen molar-refractivity contribution >= 4 is 31.3 Å². The van der Waals surface area contributed by atoms with E-state index < -0.39 is 19.7 Å². The highest BCUT2D eigenvalue weighted by Gasteiger charge is 2.32. The van der Waals surface area contributed by atoms with Gasteiger partial charge in [0.05, 0.1) is 11.5 Å². The Balaban J connectivity index is 2.45. The van der Waals surface area contributed by atoms with Crippen LogP contribution in [-0.2, 0) is 19.7 Å². The molecule has 0 radical (unpaired) electrons. The third-order valence-corrected chi connectivity index (χ3v) is 6.44. The third-order valence-electron chi connectivity index (χ3n) is 3.22. The van der Waals surface area contributed by atoms with Crippen molar-refractivity contribution in [2.75, 3.05) is 29.4 Å². The van der Waals surface area contributed by atoms with Gasteiger partial charge in [0.15, 0.2) is 9.84 Å². The minimum atomic E-state index is -2.94. The summed E-state index contributed by atoms with van der Waals surface area (Å²) >= 11 is 5.85. The Labute approximate surface area is 109 Å². The summed E-state index contributed by atoms with van der Waals surface area (Å²) in [6.45, 7) is 0. The van der Waals surface area contributed by atoms with Gasteiger partial charge in [0.1, 0.15) is 9.84 Å². The van der Waals surface area contributed by atoms with Gasteiger partial charge in [-0.3, -0.25) is 0 Å². The van der Waals surface area contributed by atoms with E-state index in [2.05, 4.69) is 0 Å². The zero-order valence-electron chi connectivity index (χ0n) is 9.93. The van der Waals surface area contributed by atoms with Crippen molar-refractivity contribution in [3.63, 3.8) is 0 Å². The van der Waals surface area contributed by atoms with Gasteiger partial charge in [-0.05, 0) is 31.1 Å². The molecular formula is C10H19ClO4S2. The molecule has 2 unspecified atom stereocenters. The van der Waals surface area contributed by atoms with E-state index >= 15 is 0 Å². The average molecular weight is 303 g/mol. The Morgan fingerprint density at radius 3 is 2.47 bits per heavy atom. The number of hydrogen-bond donors (Lipinski definition) is 0. The quantitative estimate of drug-likeness (QED) is 0.689. The SMILES string of the molecule is CS(=O)(=O)CCCC(CCl)C1CCS(=O)(=O)C1. The number of halogens is 1. The van der Waals surface area contributed by atoms with E-state index in [-0.39, 0.29) is 29.1 Å². The van der Waals surface area contributed by atoms with E-state index in [1.165, 1.54) is 6.26 Å². The van der Waals surface area contributed by atoms with Crippen molar-refractivity contribution in [1.82, 2.24) is 0 Å². The van der Waals surface area contributed by atoms with Crippen LogP contribution in [0.2, 0.25) is 0 Å². The Morgan fingerprint density at radius 2 is 2.06 bits per heavy atom. The molecule has 0 aromatic heterocycles. The zero-order valence-corrected chi connectivity index (χ0v) is 12.3. The Kier molecular flexibility index (Phi) is 5.28. The summed E-state index contributed by atoms with van der Waals surface area (Å²) in [6.07, 6.45) is 3.13. The van der Waals surface area contributed by atoms with Crippen LogP contribution in [0.3, 0.4) is 0 Å². The maximum Gasteiger partial charge on any atom is 0.150 e. The molecule has 1 aliphatic rings. The summed E-state index contributed by atoms with van der Waals surface area (Å²) in [7, 11) is -5.82. The molecule has 2 atom stereocenters. The van der Waals surface area contributed by atoms with E-state index in [4.69, 9.17) is 11.6 Å². The van der Waals surface area contributed by atoms with Crippen LogP contribution >= 0.6 is 11.6 Å². The van der Waals surface area contributed by atoms with E-state index in [0.29, 0.717) is 25.1 Å². The van der Waals surface area contributed by atoms with Gasteiger partial charge in [0, 0.05) is 17.9 Å². The fraction of sp³-hybridized carbons (Fsp3) is 1.00. The lowest BCUT2D eigenvalue weighted by Crippen LogP contribution is -2.19. The van der Waals surface area contributed by atoms with Crippen molar-refractivity contribution in [3.8, 4) is 0 Å². The van der Waals surface area contributed by atoms with Crippen molar-refractivity contribution in [3.05, 3.63) is 0 Å². The summed E-state index contributed by atoms with van der Waals surface area (Å²) in [5.74, 6) is 1.25. The summed E-state index contributed by atoms with van der Waals surface area (Å²) in [6, 6.07) is 0. The standard InChI is InChI=1S/C10H19ClO4S2/c1-16(12,13)5-2-3-9(7-11)10-4-6-17(14,15)8-10/h9-10H,2-8H2,1H3. The largest absolute Gasteiger partial charge is 0.229 e. The molecule has 0 aromatic rings. The second-order valence-electron chi connectivity index (χ2n) is 4.85. The van der Waals surface area contributed by atoms with Crippen molar-refractivity contribution in [2.45, 2.75) is 19.3 Å². The molecule has 0 spiro atoms. The summed E-state index contributed by atoms with van der Waals surface area (Å²) in [5.41, 5.74) is 0. The number of rotatable bonds is 6. The van der Waals surface area contributed by atoms with Crippen molar-refractivity contribution in [2.24, 2.45) is 11.8 Å². The number of alkyl halides is 1. The summed E-state index contributed by atoms with van der Waals surface area (Å²) in [5, 5.41) is 0. The lowest BCUT2D eigenvalue weighted by atomic mass is 9.90. The number of sulfone groups is 2. The molecule has 4 nitrogen and oxygen atoms in total. The van der Waals surface area contributed by atoms with Crippen LogP contribution in [-0.4, -0.2) is 46.2 Å². The topological polar surface area (TPSA) is 68.3 Å². The van der Waals surface area contributed by atoms with Crippen LogP contribution in [0.15, 0.2) is 0 Å². The monoisotopic (exact) mass is 302 g/mol. The van der Waals surface area contributed by atoms with Crippen LogP contribution in [0.5, 0.6) is 0 Å². The molecule has 1 rings (SSSR count). The van der Waals surface area contributed by atoms with Gasteiger partial charge in [0.2, 0.25) is 0 Å².